The highest BCUT2D eigenvalue weighted by atomic mass is 35.5. The molecule has 0 spiro atoms. The molecule has 0 bridgehead atoms. The van der Waals surface area contributed by atoms with Crippen molar-refractivity contribution in [3.05, 3.63) is 73.6 Å². The first kappa shape index (κ1) is 28.1. The van der Waals surface area contributed by atoms with E-state index in [-0.39, 0.29) is 48.0 Å². The number of pyridine rings is 1. The Bertz CT molecular complexity index is 1390. The molecule has 3 aromatic rings. The summed E-state index contributed by atoms with van der Waals surface area (Å²) in [5.74, 6) is -1.59. The zero-order valence-electron chi connectivity index (χ0n) is 19.3. The van der Waals surface area contributed by atoms with E-state index < -0.39 is 24.0 Å². The summed E-state index contributed by atoms with van der Waals surface area (Å²) in [6.07, 6.45) is -0.995. The fourth-order valence-electron chi connectivity index (χ4n) is 3.15. The van der Waals surface area contributed by atoms with Gasteiger partial charge in [0.25, 0.3) is 11.8 Å². The summed E-state index contributed by atoms with van der Waals surface area (Å²) in [4.78, 5) is 54.5. The lowest BCUT2D eigenvalue weighted by Crippen LogP contribution is -2.50. The first-order valence-electron chi connectivity index (χ1n) is 10.1. The van der Waals surface area contributed by atoms with Gasteiger partial charge in [-0.3, -0.25) is 14.2 Å². The van der Waals surface area contributed by atoms with Gasteiger partial charge in [-0.15, -0.1) is 5.01 Å². The Morgan fingerprint density at radius 1 is 0.946 bits per heavy atom. The van der Waals surface area contributed by atoms with E-state index >= 15 is 0 Å². The van der Waals surface area contributed by atoms with E-state index in [4.69, 9.17) is 46.4 Å². The highest BCUT2D eigenvalue weighted by molar-refractivity contribution is 6.42. The standard InChI is InChI=1S/C22H17Cl4N5O6/c1-10-7-11(23)8-12(19(32)29-31(21(34)36-2)22(35)37-3)16(10)28-20(33)15-9-14(25)17(26)30(15)18-13(24)5-4-6-27-18/h4-9H,1-3H3,(H,28,33)(H,29,32). The van der Waals surface area contributed by atoms with E-state index in [1.54, 1.807) is 19.1 Å². The van der Waals surface area contributed by atoms with Crippen LogP contribution in [0.15, 0.2) is 36.5 Å². The molecule has 37 heavy (non-hydrogen) atoms. The lowest BCUT2D eigenvalue weighted by Gasteiger charge is -2.20. The maximum absolute atomic E-state index is 13.4. The van der Waals surface area contributed by atoms with Crippen molar-refractivity contribution in [2.24, 2.45) is 0 Å². The normalized spacial score (nSPS) is 10.5. The van der Waals surface area contributed by atoms with Gasteiger partial charge in [0.2, 0.25) is 0 Å². The van der Waals surface area contributed by atoms with Crippen LogP contribution in [-0.4, -0.2) is 52.8 Å². The number of methoxy groups -OCH3 is 2. The lowest BCUT2D eigenvalue weighted by atomic mass is 10.1. The minimum atomic E-state index is -1.22. The number of ether oxygens (including phenoxy) is 2. The molecule has 1 aromatic carbocycles. The van der Waals surface area contributed by atoms with Crippen LogP contribution in [0.5, 0.6) is 0 Å². The van der Waals surface area contributed by atoms with Crippen molar-refractivity contribution in [2.45, 2.75) is 6.92 Å². The van der Waals surface area contributed by atoms with Crippen LogP contribution in [-0.2, 0) is 9.47 Å². The number of hydrogen-bond donors (Lipinski definition) is 2. The Kier molecular flexibility index (Phi) is 8.87. The average molecular weight is 589 g/mol. The van der Waals surface area contributed by atoms with Crippen LogP contribution in [0.3, 0.4) is 0 Å². The summed E-state index contributed by atoms with van der Waals surface area (Å²) in [6.45, 7) is 1.57. The van der Waals surface area contributed by atoms with Gasteiger partial charge in [-0.2, -0.15) is 0 Å². The Balaban J connectivity index is 2.04. The number of hydrogen-bond acceptors (Lipinski definition) is 7. The Hall–Kier alpha value is -3.51. The van der Waals surface area contributed by atoms with Crippen molar-refractivity contribution >= 4 is 76.1 Å². The van der Waals surface area contributed by atoms with Crippen molar-refractivity contribution in [1.29, 1.82) is 0 Å². The quantitative estimate of drug-likeness (QED) is 0.383. The van der Waals surface area contributed by atoms with Crippen LogP contribution >= 0.6 is 46.4 Å². The average Bonchev–Trinajstić information content (AvgIpc) is 3.17. The van der Waals surface area contributed by atoms with Gasteiger partial charge in [-0.05, 0) is 42.8 Å². The molecule has 3 rings (SSSR count). The second kappa shape index (κ2) is 11.7. The zero-order chi connectivity index (χ0) is 27.4. The highest BCUT2D eigenvalue weighted by Crippen LogP contribution is 2.33. The second-order valence-electron chi connectivity index (χ2n) is 7.13. The van der Waals surface area contributed by atoms with E-state index in [2.05, 4.69) is 25.2 Å². The first-order chi connectivity index (χ1) is 17.5. The molecule has 11 nitrogen and oxygen atoms in total. The van der Waals surface area contributed by atoms with Crippen molar-refractivity contribution < 1.29 is 28.7 Å². The lowest BCUT2D eigenvalue weighted by molar-refractivity contribution is 0.0636. The number of nitrogens with zero attached hydrogens (tertiary/aromatic N) is 3. The molecule has 2 aromatic heterocycles. The number of amides is 4. The number of carbonyl (C=O) groups is 4. The van der Waals surface area contributed by atoms with Crippen molar-refractivity contribution in [3.8, 4) is 5.82 Å². The monoisotopic (exact) mass is 587 g/mol. The fourth-order valence-corrected chi connectivity index (χ4v) is 4.04. The van der Waals surface area contributed by atoms with Crippen LogP contribution < -0.4 is 10.7 Å². The number of benzene rings is 1. The van der Waals surface area contributed by atoms with Crippen molar-refractivity contribution in [2.75, 3.05) is 19.5 Å². The third-order valence-electron chi connectivity index (χ3n) is 4.79. The number of nitrogens with one attached hydrogen (secondary N) is 2. The summed E-state index contributed by atoms with van der Waals surface area (Å²) in [6, 6.07) is 7.15. The van der Waals surface area contributed by atoms with E-state index in [9.17, 15) is 19.2 Å². The Morgan fingerprint density at radius 3 is 2.19 bits per heavy atom. The molecule has 194 valence electrons. The summed E-state index contributed by atoms with van der Waals surface area (Å²) in [5, 5.41) is 3.18. The van der Waals surface area contributed by atoms with Crippen LogP contribution in [0.2, 0.25) is 20.2 Å². The number of hydrazine groups is 1. The van der Waals surface area contributed by atoms with Gasteiger partial charge < -0.3 is 14.8 Å². The highest BCUT2D eigenvalue weighted by Gasteiger charge is 2.29. The molecule has 0 unspecified atom stereocenters. The number of carbonyl (C=O) groups excluding carboxylic acids is 4. The minimum Gasteiger partial charge on any atom is -0.451 e. The molecule has 0 saturated heterocycles. The molecule has 0 aliphatic carbocycles. The summed E-state index contributed by atoms with van der Waals surface area (Å²) in [7, 11) is 2.00. The SMILES string of the molecule is COC(=O)N(NC(=O)c1cc(Cl)cc(C)c1NC(=O)c1cc(Cl)c(Cl)n1-c1ncccc1Cl)C(=O)OC. The van der Waals surface area contributed by atoms with Gasteiger partial charge in [0.1, 0.15) is 10.8 Å². The van der Waals surface area contributed by atoms with Crippen LogP contribution in [0, 0.1) is 6.92 Å². The number of aryl methyl sites for hydroxylation is 1. The predicted octanol–water partition coefficient (Wildman–Crippen LogP) is 5.53. The van der Waals surface area contributed by atoms with Crippen LogP contribution in [0.4, 0.5) is 15.3 Å². The molecule has 0 saturated carbocycles. The Morgan fingerprint density at radius 2 is 1.59 bits per heavy atom. The van der Waals surface area contributed by atoms with Crippen molar-refractivity contribution in [1.82, 2.24) is 20.0 Å². The second-order valence-corrected chi connectivity index (χ2v) is 8.74. The minimum absolute atomic E-state index is 0.00805. The van der Waals surface area contributed by atoms with E-state index in [0.717, 1.165) is 14.2 Å². The maximum Gasteiger partial charge on any atom is 0.438 e. The van der Waals surface area contributed by atoms with Crippen LogP contribution in [0.25, 0.3) is 5.82 Å². The van der Waals surface area contributed by atoms with Crippen LogP contribution in [0.1, 0.15) is 26.4 Å². The molecule has 2 N–H and O–H groups in total. The number of anilines is 1. The van der Waals surface area contributed by atoms with Gasteiger partial charge in [-0.1, -0.05) is 46.4 Å². The number of aromatic nitrogens is 2. The predicted molar refractivity (Wildman–Crippen MR) is 137 cm³/mol. The van der Waals surface area contributed by atoms with Crippen molar-refractivity contribution in [3.63, 3.8) is 0 Å². The number of imide groups is 1. The molecule has 2 heterocycles. The van der Waals surface area contributed by atoms with Gasteiger partial charge in [0, 0.05) is 11.2 Å². The maximum atomic E-state index is 13.4. The molecule has 0 radical (unpaired) electrons. The topological polar surface area (TPSA) is 132 Å². The molecule has 0 aliphatic heterocycles. The molecule has 0 fully saturated rings. The third kappa shape index (κ3) is 5.91. The number of rotatable bonds is 4. The zero-order valence-corrected chi connectivity index (χ0v) is 22.3. The summed E-state index contributed by atoms with van der Waals surface area (Å²) in [5.41, 5.74) is 2.20. The largest absolute Gasteiger partial charge is 0.451 e. The molecule has 0 atom stereocenters. The summed E-state index contributed by atoms with van der Waals surface area (Å²) >= 11 is 24.9. The van der Waals surface area contributed by atoms with Gasteiger partial charge in [0.05, 0.1) is 35.5 Å². The molecule has 4 amide bonds. The van der Waals surface area contributed by atoms with E-state index in [1.807, 2.05) is 0 Å². The molecule has 0 aliphatic rings. The Labute approximate surface area is 230 Å². The molecule has 15 heteroatoms. The van der Waals surface area contributed by atoms with E-state index in [0.29, 0.717) is 5.56 Å². The number of halogens is 4. The third-order valence-corrected chi connectivity index (χ3v) is 6.06. The molecular formula is C22H17Cl4N5O6. The fraction of sp³-hybridized carbons (Fsp3) is 0.136. The van der Waals surface area contributed by atoms with E-state index in [1.165, 1.54) is 29.0 Å². The van der Waals surface area contributed by atoms with Gasteiger partial charge in [0.15, 0.2) is 5.82 Å². The summed E-state index contributed by atoms with van der Waals surface area (Å²) < 4.78 is 10.2. The van der Waals surface area contributed by atoms with Gasteiger partial charge in [-0.25, -0.2) is 20.0 Å². The van der Waals surface area contributed by atoms with Gasteiger partial charge >= 0.3 is 12.2 Å². The molecular weight excluding hydrogens is 572 g/mol. The smallest absolute Gasteiger partial charge is 0.438 e. The first-order valence-corrected chi connectivity index (χ1v) is 11.6.